The second kappa shape index (κ2) is 11.6. The molecule has 3 aromatic carbocycles. The third-order valence-corrected chi connectivity index (χ3v) is 7.79. The van der Waals surface area contributed by atoms with Gasteiger partial charge in [0.05, 0.1) is 0 Å². The minimum Gasteiger partial charge on any atom is -0.310 e. The molecule has 1 atom stereocenters. The van der Waals surface area contributed by atoms with Crippen molar-refractivity contribution >= 4 is 23.1 Å². The Morgan fingerprint density at radius 2 is 1.35 bits per heavy atom. The molecule has 0 amide bonds. The summed E-state index contributed by atoms with van der Waals surface area (Å²) in [4.78, 5) is 2.36. The Labute approximate surface area is 208 Å². The standard InChI is InChI=1S/C33H43N/c1-8-25-14-13-15-31(24-25)34(30-22-18-28(19-23-30)33(6,7)12-5)29-20-16-27(17-21-29)32(11-4)26(9-2)10-3/h8,13-24,26,32H,1,9-12H2,2-7H3. The third kappa shape index (κ3) is 5.63. The highest BCUT2D eigenvalue weighted by atomic mass is 15.1. The second-order valence-corrected chi connectivity index (χ2v) is 10.1. The highest BCUT2D eigenvalue weighted by Crippen LogP contribution is 2.39. The second-order valence-electron chi connectivity index (χ2n) is 10.1. The Balaban J connectivity index is 2.05. The van der Waals surface area contributed by atoms with Gasteiger partial charge in [-0.05, 0) is 83.2 Å². The van der Waals surface area contributed by atoms with E-state index in [2.05, 4.69) is 126 Å². The Kier molecular flexibility index (Phi) is 8.78. The van der Waals surface area contributed by atoms with Crippen LogP contribution >= 0.6 is 0 Å². The number of anilines is 3. The molecular formula is C33H43N. The van der Waals surface area contributed by atoms with E-state index >= 15 is 0 Å². The summed E-state index contributed by atoms with van der Waals surface area (Å²) in [7, 11) is 0. The van der Waals surface area contributed by atoms with Crippen molar-refractivity contribution in [1.29, 1.82) is 0 Å². The van der Waals surface area contributed by atoms with Crippen molar-refractivity contribution in [1.82, 2.24) is 0 Å². The maximum Gasteiger partial charge on any atom is 0.0467 e. The molecule has 0 aromatic heterocycles. The molecule has 3 aromatic rings. The molecule has 0 saturated heterocycles. The normalized spacial score (nSPS) is 12.6. The molecule has 1 unspecified atom stereocenters. The molecule has 0 aliphatic heterocycles. The van der Waals surface area contributed by atoms with Crippen molar-refractivity contribution in [3.05, 3.63) is 96.1 Å². The largest absolute Gasteiger partial charge is 0.310 e. The first-order chi connectivity index (χ1) is 16.4. The van der Waals surface area contributed by atoms with Crippen LogP contribution in [0.1, 0.15) is 89.8 Å². The molecule has 1 nitrogen and oxygen atoms in total. The lowest BCUT2D eigenvalue weighted by atomic mass is 9.81. The van der Waals surface area contributed by atoms with Crippen molar-refractivity contribution < 1.29 is 0 Å². The smallest absolute Gasteiger partial charge is 0.0467 e. The predicted octanol–water partition coefficient (Wildman–Crippen LogP) is 10.4. The van der Waals surface area contributed by atoms with Crippen LogP contribution in [0.3, 0.4) is 0 Å². The molecule has 34 heavy (non-hydrogen) atoms. The highest BCUT2D eigenvalue weighted by Gasteiger charge is 2.21. The molecule has 0 heterocycles. The maximum atomic E-state index is 3.98. The average molecular weight is 454 g/mol. The van der Waals surface area contributed by atoms with E-state index in [4.69, 9.17) is 0 Å². The molecule has 0 bridgehead atoms. The first-order valence-corrected chi connectivity index (χ1v) is 13.1. The number of hydrogen-bond donors (Lipinski definition) is 0. The third-order valence-electron chi connectivity index (χ3n) is 7.79. The first kappa shape index (κ1) is 25.8. The molecule has 3 rings (SSSR count). The number of rotatable bonds is 11. The summed E-state index contributed by atoms with van der Waals surface area (Å²) < 4.78 is 0. The molecule has 0 N–H and O–H groups in total. The van der Waals surface area contributed by atoms with E-state index in [0.717, 1.165) is 23.6 Å². The van der Waals surface area contributed by atoms with Gasteiger partial charge in [0.15, 0.2) is 0 Å². The minimum absolute atomic E-state index is 0.179. The first-order valence-electron chi connectivity index (χ1n) is 13.1. The van der Waals surface area contributed by atoms with Crippen molar-refractivity contribution in [3.63, 3.8) is 0 Å². The summed E-state index contributed by atoms with van der Waals surface area (Å²) in [5.74, 6) is 1.36. The molecule has 0 spiro atoms. The number of hydrogen-bond acceptors (Lipinski definition) is 1. The summed E-state index contributed by atoms with van der Waals surface area (Å²) in [5, 5.41) is 0. The fraction of sp³-hybridized carbons (Fsp3) is 0.394. The Bertz CT molecular complexity index is 1040. The lowest BCUT2D eigenvalue weighted by molar-refractivity contribution is 0.388. The zero-order chi connectivity index (χ0) is 24.7. The Morgan fingerprint density at radius 3 is 1.85 bits per heavy atom. The van der Waals surface area contributed by atoms with Crippen LogP contribution in [-0.4, -0.2) is 0 Å². The molecule has 0 aliphatic carbocycles. The lowest BCUT2D eigenvalue weighted by Gasteiger charge is -2.29. The number of benzene rings is 3. The predicted molar refractivity (Wildman–Crippen MR) is 152 cm³/mol. The molecule has 0 saturated carbocycles. The Morgan fingerprint density at radius 1 is 0.765 bits per heavy atom. The van der Waals surface area contributed by atoms with Crippen LogP contribution in [0.5, 0.6) is 0 Å². The van der Waals surface area contributed by atoms with Gasteiger partial charge in [-0.25, -0.2) is 0 Å². The van der Waals surface area contributed by atoms with Gasteiger partial charge in [0.25, 0.3) is 0 Å². The molecule has 180 valence electrons. The van der Waals surface area contributed by atoms with Crippen molar-refractivity contribution in [2.75, 3.05) is 4.90 Å². The van der Waals surface area contributed by atoms with E-state index < -0.39 is 0 Å². The molecular weight excluding hydrogens is 410 g/mol. The topological polar surface area (TPSA) is 3.24 Å². The molecule has 0 aliphatic rings. The fourth-order valence-electron chi connectivity index (χ4n) is 5.07. The highest BCUT2D eigenvalue weighted by molar-refractivity contribution is 5.78. The van der Waals surface area contributed by atoms with Gasteiger partial charge in [-0.3, -0.25) is 0 Å². The van der Waals surface area contributed by atoms with E-state index in [9.17, 15) is 0 Å². The average Bonchev–Trinajstić information content (AvgIpc) is 2.88. The van der Waals surface area contributed by atoms with E-state index in [0.29, 0.717) is 5.92 Å². The van der Waals surface area contributed by atoms with Gasteiger partial charge in [-0.15, -0.1) is 0 Å². The van der Waals surface area contributed by atoms with Crippen LogP contribution in [0.4, 0.5) is 17.1 Å². The molecule has 1 heteroatoms. The fourth-order valence-corrected chi connectivity index (χ4v) is 5.07. The van der Waals surface area contributed by atoms with Gasteiger partial charge in [-0.2, -0.15) is 0 Å². The SMILES string of the molecule is C=Cc1cccc(N(c2ccc(C(CC)C(CC)CC)cc2)c2ccc(C(C)(C)CC)cc2)c1. The van der Waals surface area contributed by atoms with Crippen molar-refractivity contribution in [3.8, 4) is 0 Å². The van der Waals surface area contributed by atoms with Gasteiger partial charge < -0.3 is 4.90 Å². The van der Waals surface area contributed by atoms with Crippen molar-refractivity contribution in [2.45, 2.75) is 78.6 Å². The Hall–Kier alpha value is -2.80. The van der Waals surface area contributed by atoms with E-state index in [1.54, 1.807) is 0 Å². The van der Waals surface area contributed by atoms with Crippen LogP contribution in [0.15, 0.2) is 79.4 Å². The van der Waals surface area contributed by atoms with Gasteiger partial charge in [-0.1, -0.05) is 103 Å². The van der Waals surface area contributed by atoms with Crippen LogP contribution in [-0.2, 0) is 5.41 Å². The number of nitrogens with zero attached hydrogens (tertiary/aromatic N) is 1. The van der Waals surface area contributed by atoms with Crippen LogP contribution in [0, 0.1) is 5.92 Å². The lowest BCUT2D eigenvalue weighted by Crippen LogP contribution is -2.16. The van der Waals surface area contributed by atoms with E-state index in [-0.39, 0.29) is 5.41 Å². The van der Waals surface area contributed by atoms with E-state index in [1.165, 1.54) is 41.8 Å². The van der Waals surface area contributed by atoms with Crippen molar-refractivity contribution in [2.24, 2.45) is 5.92 Å². The summed E-state index contributed by atoms with van der Waals surface area (Å²) in [5.41, 5.74) is 7.66. The minimum atomic E-state index is 0.179. The quantitative estimate of drug-likeness (QED) is 0.279. The summed E-state index contributed by atoms with van der Waals surface area (Å²) in [6, 6.07) is 27.0. The van der Waals surface area contributed by atoms with Crippen LogP contribution < -0.4 is 4.90 Å². The van der Waals surface area contributed by atoms with Gasteiger partial charge in [0.1, 0.15) is 0 Å². The summed E-state index contributed by atoms with van der Waals surface area (Å²) >= 11 is 0. The maximum absolute atomic E-state index is 3.98. The van der Waals surface area contributed by atoms with Gasteiger partial charge in [0.2, 0.25) is 0 Å². The zero-order valence-electron chi connectivity index (χ0n) is 22.1. The molecule has 0 fully saturated rings. The van der Waals surface area contributed by atoms with Gasteiger partial charge >= 0.3 is 0 Å². The van der Waals surface area contributed by atoms with Gasteiger partial charge in [0, 0.05) is 17.1 Å². The zero-order valence-corrected chi connectivity index (χ0v) is 22.1. The summed E-state index contributed by atoms with van der Waals surface area (Å²) in [6.07, 6.45) is 6.69. The van der Waals surface area contributed by atoms with Crippen LogP contribution in [0.25, 0.3) is 6.08 Å². The van der Waals surface area contributed by atoms with E-state index in [1.807, 2.05) is 6.08 Å². The monoisotopic (exact) mass is 453 g/mol. The van der Waals surface area contributed by atoms with Crippen LogP contribution in [0.2, 0.25) is 0 Å². The summed E-state index contributed by atoms with van der Waals surface area (Å²) in [6.45, 7) is 17.8. The molecule has 0 radical (unpaired) electrons.